The molecule has 6 nitrogen and oxygen atoms in total. The lowest BCUT2D eigenvalue weighted by atomic mass is 10.6. The molecule has 0 bridgehead atoms. The summed E-state index contributed by atoms with van der Waals surface area (Å²) in [6, 6.07) is 0. The van der Waals surface area contributed by atoms with E-state index < -0.39 is 0 Å². The summed E-state index contributed by atoms with van der Waals surface area (Å²) in [5.74, 6) is -0.318. The Balaban J connectivity index is 3.02. The minimum Gasteiger partial charge on any atom is -0.378 e. The van der Waals surface area contributed by atoms with Crippen LogP contribution in [0.25, 0.3) is 0 Å². The predicted molar refractivity (Wildman–Crippen MR) is 45.8 cm³/mol. The Kier molecular flexibility index (Phi) is 8.90. The Labute approximate surface area is 77.3 Å². The second-order valence-corrected chi connectivity index (χ2v) is 2.18. The fraction of sp³-hybridized carbons (Fsp3) is 0.857. The monoisotopic (exact) mass is 192 g/mol. The molecule has 0 rings (SSSR count). The smallest absolute Gasteiger partial charge is 0.269 e. The van der Waals surface area contributed by atoms with Crippen LogP contribution < -0.4 is 11.2 Å². The zero-order valence-corrected chi connectivity index (χ0v) is 7.75. The molecule has 0 radical (unpaired) electrons. The van der Waals surface area contributed by atoms with Crippen molar-refractivity contribution in [2.24, 2.45) is 5.73 Å². The van der Waals surface area contributed by atoms with Gasteiger partial charge in [-0.1, -0.05) is 0 Å². The summed E-state index contributed by atoms with van der Waals surface area (Å²) in [4.78, 5) is 15.1. The van der Waals surface area contributed by atoms with Crippen molar-refractivity contribution in [3.05, 3.63) is 0 Å². The van der Waals surface area contributed by atoms with Crippen LogP contribution in [-0.2, 0) is 19.1 Å². The minimum atomic E-state index is -0.318. The number of hydrogen-bond acceptors (Lipinski definition) is 5. The van der Waals surface area contributed by atoms with E-state index in [-0.39, 0.29) is 12.5 Å². The number of carbonyl (C=O) groups excluding carboxylic acids is 1. The molecular weight excluding hydrogens is 176 g/mol. The molecular formula is C7H16N2O4. The maximum Gasteiger partial charge on any atom is 0.269 e. The van der Waals surface area contributed by atoms with Crippen LogP contribution in [0.2, 0.25) is 0 Å². The molecule has 0 heterocycles. The minimum absolute atomic E-state index is 0.0280. The predicted octanol–water partition coefficient (Wildman–Crippen LogP) is -1.34. The van der Waals surface area contributed by atoms with E-state index in [0.29, 0.717) is 26.4 Å². The van der Waals surface area contributed by atoms with Crippen molar-refractivity contribution in [2.45, 2.75) is 0 Å². The van der Waals surface area contributed by atoms with Gasteiger partial charge in [0, 0.05) is 6.54 Å². The van der Waals surface area contributed by atoms with Crippen LogP contribution in [0.3, 0.4) is 0 Å². The maximum atomic E-state index is 10.7. The van der Waals surface area contributed by atoms with E-state index in [0.717, 1.165) is 0 Å². The average Bonchev–Trinajstić information content (AvgIpc) is 2.11. The van der Waals surface area contributed by atoms with Crippen LogP contribution in [-0.4, -0.2) is 46.0 Å². The zero-order chi connectivity index (χ0) is 9.94. The van der Waals surface area contributed by atoms with Crippen LogP contribution in [0.5, 0.6) is 0 Å². The fourth-order valence-electron chi connectivity index (χ4n) is 0.611. The number of hydroxylamine groups is 1. The molecule has 13 heavy (non-hydrogen) atoms. The molecule has 0 saturated heterocycles. The largest absolute Gasteiger partial charge is 0.378 e. The molecule has 0 fully saturated rings. The number of hydrogen-bond donors (Lipinski definition) is 2. The molecule has 0 aromatic heterocycles. The summed E-state index contributed by atoms with van der Waals surface area (Å²) >= 11 is 0. The summed E-state index contributed by atoms with van der Waals surface area (Å²) in [6.07, 6.45) is 0. The van der Waals surface area contributed by atoms with E-state index >= 15 is 0 Å². The summed E-state index contributed by atoms with van der Waals surface area (Å²) in [5.41, 5.74) is 7.31. The Morgan fingerprint density at radius 1 is 1.31 bits per heavy atom. The number of ether oxygens (including phenoxy) is 2. The number of amides is 1. The Bertz CT molecular complexity index is 132. The van der Waals surface area contributed by atoms with Gasteiger partial charge in [-0.05, 0) is 0 Å². The third-order valence-corrected chi connectivity index (χ3v) is 1.08. The third kappa shape index (κ3) is 9.22. The van der Waals surface area contributed by atoms with E-state index in [1.165, 1.54) is 7.11 Å². The second kappa shape index (κ2) is 9.40. The standard InChI is InChI=1S/C7H16N2O4/c1-11-9-7(10)6-13-5-4-12-3-2-8/h2-6,8H2,1H3,(H,9,10). The quantitative estimate of drug-likeness (QED) is 0.367. The first-order chi connectivity index (χ1) is 6.31. The molecule has 78 valence electrons. The summed E-state index contributed by atoms with van der Waals surface area (Å²) in [5, 5.41) is 0. The van der Waals surface area contributed by atoms with E-state index in [9.17, 15) is 4.79 Å². The van der Waals surface area contributed by atoms with Gasteiger partial charge in [0.25, 0.3) is 5.91 Å². The maximum absolute atomic E-state index is 10.7. The summed E-state index contributed by atoms with van der Waals surface area (Å²) in [7, 11) is 1.36. The van der Waals surface area contributed by atoms with Crippen molar-refractivity contribution < 1.29 is 19.1 Å². The van der Waals surface area contributed by atoms with E-state index in [2.05, 4.69) is 10.3 Å². The lowest BCUT2D eigenvalue weighted by Crippen LogP contribution is -2.27. The average molecular weight is 192 g/mol. The van der Waals surface area contributed by atoms with Crippen molar-refractivity contribution >= 4 is 5.91 Å². The molecule has 0 saturated carbocycles. The molecule has 0 atom stereocenters. The highest BCUT2D eigenvalue weighted by Gasteiger charge is 1.98. The van der Waals surface area contributed by atoms with Gasteiger partial charge in [0.2, 0.25) is 0 Å². The first-order valence-electron chi connectivity index (χ1n) is 3.98. The Hall–Kier alpha value is -0.690. The number of nitrogens with one attached hydrogen (secondary N) is 1. The lowest BCUT2D eigenvalue weighted by Gasteiger charge is -2.04. The summed E-state index contributed by atoms with van der Waals surface area (Å²) < 4.78 is 9.95. The van der Waals surface area contributed by atoms with Crippen LogP contribution >= 0.6 is 0 Å². The zero-order valence-electron chi connectivity index (χ0n) is 7.75. The normalized spacial score (nSPS) is 10.0. The highest BCUT2D eigenvalue weighted by Crippen LogP contribution is 1.78. The number of carbonyl (C=O) groups is 1. The molecule has 0 aliphatic rings. The van der Waals surface area contributed by atoms with Crippen molar-refractivity contribution in [1.82, 2.24) is 5.48 Å². The molecule has 6 heteroatoms. The first-order valence-corrected chi connectivity index (χ1v) is 3.98. The molecule has 0 spiro atoms. The highest BCUT2D eigenvalue weighted by atomic mass is 16.6. The molecule has 0 aromatic carbocycles. The van der Waals surface area contributed by atoms with Crippen molar-refractivity contribution in [3.8, 4) is 0 Å². The molecule has 3 N–H and O–H groups in total. The fourth-order valence-corrected chi connectivity index (χ4v) is 0.611. The van der Waals surface area contributed by atoms with Gasteiger partial charge in [0.15, 0.2) is 0 Å². The van der Waals surface area contributed by atoms with Crippen molar-refractivity contribution in [3.63, 3.8) is 0 Å². The highest BCUT2D eigenvalue weighted by molar-refractivity contribution is 5.75. The van der Waals surface area contributed by atoms with Crippen LogP contribution in [0.4, 0.5) is 0 Å². The van der Waals surface area contributed by atoms with Gasteiger partial charge in [0.05, 0.1) is 26.9 Å². The van der Waals surface area contributed by atoms with Gasteiger partial charge in [-0.3, -0.25) is 9.63 Å². The lowest BCUT2D eigenvalue weighted by molar-refractivity contribution is -0.136. The topological polar surface area (TPSA) is 82.8 Å². The molecule has 0 aliphatic carbocycles. The van der Waals surface area contributed by atoms with E-state index in [1.54, 1.807) is 0 Å². The number of nitrogens with two attached hydrogens (primary N) is 1. The Morgan fingerprint density at radius 3 is 2.62 bits per heavy atom. The van der Waals surface area contributed by atoms with E-state index in [4.69, 9.17) is 15.2 Å². The third-order valence-electron chi connectivity index (χ3n) is 1.08. The molecule has 1 amide bonds. The van der Waals surface area contributed by atoms with Gasteiger partial charge < -0.3 is 15.2 Å². The van der Waals surface area contributed by atoms with Gasteiger partial charge in [-0.2, -0.15) is 0 Å². The van der Waals surface area contributed by atoms with Crippen molar-refractivity contribution in [2.75, 3.05) is 40.1 Å². The van der Waals surface area contributed by atoms with Crippen LogP contribution in [0.1, 0.15) is 0 Å². The first kappa shape index (κ1) is 12.3. The van der Waals surface area contributed by atoms with Gasteiger partial charge in [-0.25, -0.2) is 5.48 Å². The Morgan fingerprint density at radius 2 is 2.00 bits per heavy atom. The second-order valence-electron chi connectivity index (χ2n) is 2.18. The van der Waals surface area contributed by atoms with Crippen LogP contribution in [0, 0.1) is 0 Å². The number of rotatable bonds is 8. The van der Waals surface area contributed by atoms with Crippen LogP contribution in [0.15, 0.2) is 0 Å². The molecule has 0 aliphatic heterocycles. The van der Waals surface area contributed by atoms with Gasteiger partial charge in [-0.15, -0.1) is 0 Å². The summed E-state index contributed by atoms with van der Waals surface area (Å²) in [6.45, 7) is 1.78. The van der Waals surface area contributed by atoms with E-state index in [1.807, 2.05) is 0 Å². The molecule has 0 unspecified atom stereocenters. The SMILES string of the molecule is CONC(=O)COCCOCCN. The van der Waals surface area contributed by atoms with Gasteiger partial charge >= 0.3 is 0 Å². The molecule has 0 aromatic rings. The van der Waals surface area contributed by atoms with Crippen molar-refractivity contribution in [1.29, 1.82) is 0 Å². The van der Waals surface area contributed by atoms with Gasteiger partial charge in [0.1, 0.15) is 6.61 Å².